The lowest BCUT2D eigenvalue weighted by Crippen LogP contribution is -2.23. The summed E-state index contributed by atoms with van der Waals surface area (Å²) >= 11 is 0. The molecule has 1 aromatic carbocycles. The molecule has 1 N–H and O–H groups in total. The van der Waals surface area contributed by atoms with Crippen LogP contribution in [0.15, 0.2) is 61.2 Å². The molecule has 5 heteroatoms. The zero-order valence-electron chi connectivity index (χ0n) is 12.1. The van der Waals surface area contributed by atoms with E-state index in [9.17, 15) is 4.39 Å². The molecule has 0 saturated heterocycles. The largest absolute Gasteiger partial charge is 0.348 e. The van der Waals surface area contributed by atoms with Crippen molar-refractivity contribution < 1.29 is 4.39 Å². The minimum Gasteiger partial charge on any atom is -0.348 e. The molecular weight excluding hydrogens is 279 g/mol. The fourth-order valence-corrected chi connectivity index (χ4v) is 2.36. The second-order valence-electron chi connectivity index (χ2n) is 5.16. The molecule has 22 heavy (non-hydrogen) atoms. The molecule has 2 heterocycles. The third-order valence-corrected chi connectivity index (χ3v) is 3.40. The molecule has 0 amide bonds. The summed E-state index contributed by atoms with van der Waals surface area (Å²) in [6, 6.07) is 10.6. The molecule has 0 aliphatic rings. The summed E-state index contributed by atoms with van der Waals surface area (Å²) in [6.45, 7) is 2.20. The lowest BCUT2D eigenvalue weighted by Gasteiger charge is -2.21. The van der Waals surface area contributed by atoms with E-state index in [4.69, 9.17) is 0 Å². The Morgan fingerprint density at radius 1 is 0.864 bits per heavy atom. The lowest BCUT2D eigenvalue weighted by atomic mass is 10.2. The van der Waals surface area contributed by atoms with Crippen LogP contribution in [-0.2, 0) is 19.6 Å². The monoisotopic (exact) mass is 296 g/mol. The Hall–Kier alpha value is -2.53. The van der Waals surface area contributed by atoms with Crippen molar-refractivity contribution in [1.29, 1.82) is 0 Å². The molecule has 0 aliphatic heterocycles. The van der Waals surface area contributed by atoms with Gasteiger partial charge in [-0.25, -0.2) is 9.37 Å². The van der Waals surface area contributed by atoms with Crippen LogP contribution < -0.4 is 0 Å². The number of halogens is 1. The van der Waals surface area contributed by atoms with Crippen molar-refractivity contribution in [2.75, 3.05) is 0 Å². The summed E-state index contributed by atoms with van der Waals surface area (Å²) in [5.41, 5.74) is 2.26. The number of hydrogen-bond acceptors (Lipinski definition) is 3. The number of nitrogens with zero attached hydrogens (tertiary/aromatic N) is 3. The summed E-state index contributed by atoms with van der Waals surface area (Å²) in [5, 5.41) is 0. The van der Waals surface area contributed by atoms with Gasteiger partial charge in [0, 0.05) is 37.9 Å². The second-order valence-corrected chi connectivity index (χ2v) is 5.16. The molecule has 0 fully saturated rings. The lowest BCUT2D eigenvalue weighted by molar-refractivity contribution is 0.242. The summed E-state index contributed by atoms with van der Waals surface area (Å²) in [7, 11) is 0. The van der Waals surface area contributed by atoms with Crippen LogP contribution >= 0.6 is 0 Å². The van der Waals surface area contributed by atoms with E-state index in [1.807, 2.05) is 30.5 Å². The van der Waals surface area contributed by atoms with Crippen molar-refractivity contribution >= 4 is 0 Å². The van der Waals surface area contributed by atoms with Gasteiger partial charge in [-0.3, -0.25) is 9.88 Å². The van der Waals surface area contributed by atoms with Gasteiger partial charge in [-0.2, -0.15) is 0 Å². The van der Waals surface area contributed by atoms with Gasteiger partial charge in [0.05, 0.1) is 6.54 Å². The number of pyridine rings is 1. The van der Waals surface area contributed by atoms with E-state index in [2.05, 4.69) is 19.9 Å². The van der Waals surface area contributed by atoms with Crippen LogP contribution in [0.5, 0.6) is 0 Å². The maximum atomic E-state index is 13.0. The molecule has 0 radical (unpaired) electrons. The Morgan fingerprint density at radius 3 is 2.18 bits per heavy atom. The molecule has 0 unspecified atom stereocenters. The van der Waals surface area contributed by atoms with Crippen LogP contribution in [-0.4, -0.2) is 19.9 Å². The first-order valence-electron chi connectivity index (χ1n) is 7.13. The van der Waals surface area contributed by atoms with E-state index >= 15 is 0 Å². The van der Waals surface area contributed by atoms with E-state index < -0.39 is 0 Å². The Kier molecular flexibility index (Phi) is 4.56. The fourth-order valence-electron chi connectivity index (χ4n) is 2.36. The highest BCUT2D eigenvalue weighted by Crippen LogP contribution is 2.12. The minimum absolute atomic E-state index is 0.213. The summed E-state index contributed by atoms with van der Waals surface area (Å²) < 4.78 is 13.0. The zero-order valence-corrected chi connectivity index (χ0v) is 12.1. The van der Waals surface area contributed by atoms with Gasteiger partial charge < -0.3 is 4.98 Å². The molecule has 0 bridgehead atoms. The molecule has 3 aromatic rings. The quantitative estimate of drug-likeness (QED) is 0.760. The third-order valence-electron chi connectivity index (χ3n) is 3.40. The Bertz CT molecular complexity index is 680. The van der Waals surface area contributed by atoms with Crippen molar-refractivity contribution in [2.24, 2.45) is 0 Å². The molecule has 0 atom stereocenters. The van der Waals surface area contributed by atoms with E-state index in [0.29, 0.717) is 6.54 Å². The van der Waals surface area contributed by atoms with Gasteiger partial charge in [0.1, 0.15) is 11.6 Å². The predicted octanol–water partition coefficient (Wildman–Crippen LogP) is 3.15. The average molecular weight is 296 g/mol. The van der Waals surface area contributed by atoms with E-state index in [0.717, 1.165) is 24.5 Å². The minimum atomic E-state index is -0.213. The van der Waals surface area contributed by atoms with Gasteiger partial charge in [-0.15, -0.1) is 0 Å². The van der Waals surface area contributed by atoms with Crippen molar-refractivity contribution in [2.45, 2.75) is 19.6 Å². The number of H-pyrrole nitrogens is 1. The van der Waals surface area contributed by atoms with Gasteiger partial charge in [-0.05, 0) is 35.4 Å². The van der Waals surface area contributed by atoms with E-state index in [1.165, 1.54) is 17.7 Å². The highest BCUT2D eigenvalue weighted by Gasteiger charge is 2.10. The highest BCUT2D eigenvalue weighted by molar-refractivity contribution is 5.17. The van der Waals surface area contributed by atoms with Crippen molar-refractivity contribution in [3.8, 4) is 0 Å². The predicted molar refractivity (Wildman–Crippen MR) is 82.2 cm³/mol. The maximum absolute atomic E-state index is 13.0. The SMILES string of the molecule is Fc1ccc(CN(Cc2ccncc2)Cc2ncc[nH]2)cc1. The number of hydrogen-bond donors (Lipinski definition) is 1. The number of nitrogens with one attached hydrogen (secondary N) is 1. The molecule has 112 valence electrons. The molecule has 3 rings (SSSR count). The third kappa shape index (κ3) is 3.99. The Labute approximate surface area is 128 Å². The van der Waals surface area contributed by atoms with E-state index in [1.54, 1.807) is 18.6 Å². The Balaban J connectivity index is 1.74. The topological polar surface area (TPSA) is 44.8 Å². The van der Waals surface area contributed by atoms with Gasteiger partial charge in [0.2, 0.25) is 0 Å². The van der Waals surface area contributed by atoms with E-state index in [-0.39, 0.29) is 5.82 Å². The van der Waals surface area contributed by atoms with Crippen LogP contribution in [0.2, 0.25) is 0 Å². The fraction of sp³-hybridized carbons (Fsp3) is 0.176. The maximum Gasteiger partial charge on any atom is 0.123 e. The Morgan fingerprint density at radius 2 is 1.55 bits per heavy atom. The number of imidazole rings is 1. The summed E-state index contributed by atoms with van der Waals surface area (Å²) in [5.74, 6) is 0.701. The van der Waals surface area contributed by atoms with Crippen LogP contribution in [0.1, 0.15) is 17.0 Å². The first-order valence-corrected chi connectivity index (χ1v) is 7.13. The van der Waals surface area contributed by atoms with Crippen LogP contribution in [0.4, 0.5) is 4.39 Å². The standard InChI is InChI=1S/C17H17FN4/c18-16-3-1-14(2-4-16)11-22(13-17-20-9-10-21-17)12-15-5-7-19-8-6-15/h1-10H,11-13H2,(H,20,21). The summed E-state index contributed by atoms with van der Waals surface area (Å²) in [6.07, 6.45) is 7.15. The first kappa shape index (κ1) is 14.4. The van der Waals surface area contributed by atoms with Crippen LogP contribution in [0, 0.1) is 5.82 Å². The van der Waals surface area contributed by atoms with Crippen LogP contribution in [0.3, 0.4) is 0 Å². The van der Waals surface area contributed by atoms with Crippen molar-refractivity contribution in [3.63, 3.8) is 0 Å². The average Bonchev–Trinajstić information content (AvgIpc) is 3.03. The van der Waals surface area contributed by atoms with Gasteiger partial charge in [0.15, 0.2) is 0 Å². The van der Waals surface area contributed by atoms with Gasteiger partial charge >= 0.3 is 0 Å². The number of rotatable bonds is 6. The molecule has 2 aromatic heterocycles. The van der Waals surface area contributed by atoms with Gasteiger partial charge in [0.25, 0.3) is 0 Å². The molecular formula is C17H17FN4. The first-order chi connectivity index (χ1) is 10.8. The van der Waals surface area contributed by atoms with Crippen molar-refractivity contribution in [3.05, 3.63) is 84.0 Å². The van der Waals surface area contributed by atoms with Gasteiger partial charge in [-0.1, -0.05) is 12.1 Å². The number of benzene rings is 1. The molecule has 0 spiro atoms. The molecule has 0 aliphatic carbocycles. The number of aromatic nitrogens is 3. The second kappa shape index (κ2) is 6.95. The van der Waals surface area contributed by atoms with Crippen LogP contribution in [0.25, 0.3) is 0 Å². The number of aromatic amines is 1. The molecule has 4 nitrogen and oxygen atoms in total. The molecule has 0 saturated carbocycles. The van der Waals surface area contributed by atoms with Crippen molar-refractivity contribution in [1.82, 2.24) is 19.9 Å². The summed E-state index contributed by atoms with van der Waals surface area (Å²) in [4.78, 5) is 13.7. The zero-order chi connectivity index (χ0) is 15.2. The smallest absolute Gasteiger partial charge is 0.123 e. The normalized spacial score (nSPS) is 11.0. The highest BCUT2D eigenvalue weighted by atomic mass is 19.1.